The van der Waals surface area contributed by atoms with Crippen LogP contribution in [0.2, 0.25) is 0 Å². The topological polar surface area (TPSA) is 193 Å². The van der Waals surface area contributed by atoms with Crippen LogP contribution in [0.25, 0.3) is 0 Å². The van der Waals surface area contributed by atoms with Crippen LogP contribution >= 0.6 is 11.3 Å². The molecule has 0 aliphatic carbocycles. The molecule has 36 heavy (non-hydrogen) atoms. The van der Waals surface area contributed by atoms with Gasteiger partial charge in [0.1, 0.15) is 18.1 Å². The summed E-state index contributed by atoms with van der Waals surface area (Å²) >= 11 is 1.30. The molecular formula is C23H36N6O6S. The number of carboxylic acid groups (broad SMARTS) is 1. The number of hydrogen-bond donors (Lipinski definition) is 6. The highest BCUT2D eigenvalue weighted by molar-refractivity contribution is 7.07. The fraction of sp³-hybridized carbons (Fsp3) is 0.652. The molecule has 0 spiro atoms. The average molecular weight is 525 g/mol. The summed E-state index contributed by atoms with van der Waals surface area (Å²) in [6.45, 7) is 6.56. The van der Waals surface area contributed by atoms with E-state index in [0.717, 1.165) is 6.42 Å². The molecule has 1 saturated heterocycles. The van der Waals surface area contributed by atoms with Crippen LogP contribution in [0, 0.1) is 5.41 Å². The number of nitrogens with two attached hydrogens (primary N) is 1. The van der Waals surface area contributed by atoms with E-state index < -0.39 is 60.2 Å². The van der Waals surface area contributed by atoms with Crippen molar-refractivity contribution >= 4 is 40.9 Å². The van der Waals surface area contributed by atoms with E-state index >= 15 is 0 Å². The largest absolute Gasteiger partial charge is 0.480 e. The number of carboxylic acids is 1. The van der Waals surface area contributed by atoms with Gasteiger partial charge in [-0.3, -0.25) is 19.2 Å². The molecule has 1 aliphatic rings. The molecule has 13 heteroatoms. The van der Waals surface area contributed by atoms with E-state index in [1.165, 1.54) is 11.3 Å². The lowest BCUT2D eigenvalue weighted by Crippen LogP contribution is -2.58. The molecule has 0 bridgehead atoms. The number of carbonyl (C=O) groups excluding carboxylic acids is 4. The third-order valence-electron chi connectivity index (χ3n) is 5.74. The van der Waals surface area contributed by atoms with Gasteiger partial charge in [-0.2, -0.15) is 0 Å². The van der Waals surface area contributed by atoms with Gasteiger partial charge in [0.25, 0.3) is 0 Å². The number of hydrogen-bond acceptors (Lipinski definition) is 8. The number of nitrogens with zero attached hydrogens (tertiary/aromatic N) is 1. The molecule has 200 valence electrons. The van der Waals surface area contributed by atoms with Gasteiger partial charge in [0.05, 0.1) is 23.7 Å². The maximum absolute atomic E-state index is 13.1. The fourth-order valence-electron chi connectivity index (χ4n) is 3.73. The summed E-state index contributed by atoms with van der Waals surface area (Å²) in [5.74, 6) is -3.92. The van der Waals surface area contributed by atoms with Crippen molar-refractivity contribution in [3.8, 4) is 0 Å². The van der Waals surface area contributed by atoms with E-state index in [1.54, 1.807) is 10.9 Å². The number of primary amides is 1. The predicted molar refractivity (Wildman–Crippen MR) is 133 cm³/mol. The molecule has 1 fully saturated rings. The van der Waals surface area contributed by atoms with Gasteiger partial charge in [0.15, 0.2) is 0 Å². The fourth-order valence-corrected chi connectivity index (χ4v) is 4.30. The summed E-state index contributed by atoms with van der Waals surface area (Å²) < 4.78 is 0. The minimum absolute atomic E-state index is 0.00585. The second-order valence-corrected chi connectivity index (χ2v) is 10.8. The quantitative estimate of drug-likeness (QED) is 0.202. The molecule has 0 saturated carbocycles. The first kappa shape index (κ1) is 29.2. The molecule has 12 nitrogen and oxygen atoms in total. The van der Waals surface area contributed by atoms with Gasteiger partial charge in [0, 0.05) is 11.8 Å². The van der Waals surface area contributed by atoms with Crippen molar-refractivity contribution in [2.45, 2.75) is 83.5 Å². The van der Waals surface area contributed by atoms with Gasteiger partial charge < -0.3 is 32.1 Å². The van der Waals surface area contributed by atoms with Crippen LogP contribution in [0.5, 0.6) is 0 Å². The van der Waals surface area contributed by atoms with Crippen molar-refractivity contribution in [2.75, 3.05) is 6.54 Å². The number of carbonyl (C=O) groups is 5. The van der Waals surface area contributed by atoms with Crippen LogP contribution in [0.15, 0.2) is 10.9 Å². The first-order chi connectivity index (χ1) is 16.9. The van der Waals surface area contributed by atoms with E-state index in [4.69, 9.17) is 5.73 Å². The second-order valence-electron chi connectivity index (χ2n) is 10.1. The smallest absolute Gasteiger partial charge is 0.326 e. The van der Waals surface area contributed by atoms with Crippen LogP contribution < -0.4 is 27.0 Å². The number of aliphatic carboxylic acids is 1. The predicted octanol–water partition coefficient (Wildman–Crippen LogP) is -0.322. The van der Waals surface area contributed by atoms with Gasteiger partial charge in [0.2, 0.25) is 23.6 Å². The Bertz CT molecular complexity index is 926. The van der Waals surface area contributed by atoms with Crippen molar-refractivity contribution in [3.63, 3.8) is 0 Å². The number of aromatic nitrogens is 1. The third-order valence-corrected chi connectivity index (χ3v) is 6.38. The van der Waals surface area contributed by atoms with Crippen LogP contribution in [0.3, 0.4) is 0 Å². The Morgan fingerprint density at radius 1 is 1.14 bits per heavy atom. The minimum atomic E-state index is -1.29. The Hall–Kier alpha value is -3.06. The molecule has 1 aromatic heterocycles. The number of amides is 4. The second kappa shape index (κ2) is 13.3. The van der Waals surface area contributed by atoms with Crippen molar-refractivity contribution in [1.29, 1.82) is 0 Å². The molecule has 0 radical (unpaired) electrons. The highest BCUT2D eigenvalue weighted by Crippen LogP contribution is 2.21. The van der Waals surface area contributed by atoms with Crippen LogP contribution in [-0.4, -0.2) is 70.4 Å². The molecule has 1 aliphatic heterocycles. The Morgan fingerprint density at radius 3 is 2.33 bits per heavy atom. The lowest BCUT2D eigenvalue weighted by molar-refractivity contribution is -0.142. The van der Waals surface area contributed by atoms with Crippen LogP contribution in [0.4, 0.5) is 0 Å². The molecular weight excluding hydrogens is 488 g/mol. The summed E-state index contributed by atoms with van der Waals surface area (Å²) in [4.78, 5) is 66.2. The highest BCUT2D eigenvalue weighted by Gasteiger charge is 2.33. The molecule has 4 amide bonds. The lowest BCUT2D eigenvalue weighted by atomic mass is 9.88. The highest BCUT2D eigenvalue weighted by atomic mass is 32.1. The van der Waals surface area contributed by atoms with E-state index in [9.17, 15) is 29.1 Å². The summed E-state index contributed by atoms with van der Waals surface area (Å²) in [6.07, 6.45) is 1.69. The van der Waals surface area contributed by atoms with E-state index in [-0.39, 0.29) is 18.3 Å². The van der Waals surface area contributed by atoms with Gasteiger partial charge in [-0.1, -0.05) is 20.8 Å². The molecule has 2 heterocycles. The zero-order chi connectivity index (χ0) is 26.9. The Morgan fingerprint density at radius 2 is 1.81 bits per heavy atom. The van der Waals surface area contributed by atoms with Gasteiger partial charge in [-0.25, -0.2) is 9.78 Å². The first-order valence-corrected chi connectivity index (χ1v) is 12.8. The Kier molecular flexibility index (Phi) is 10.8. The van der Waals surface area contributed by atoms with E-state index in [1.807, 2.05) is 20.8 Å². The van der Waals surface area contributed by atoms with Crippen molar-refractivity contribution in [1.82, 2.24) is 26.3 Å². The number of thiazole rings is 1. The normalized spacial score (nSPS) is 18.0. The lowest BCUT2D eigenvalue weighted by Gasteiger charge is -2.25. The Balaban J connectivity index is 2.16. The summed E-state index contributed by atoms with van der Waals surface area (Å²) in [6, 6.07) is -4.12. The molecule has 7 N–H and O–H groups in total. The summed E-state index contributed by atoms with van der Waals surface area (Å²) in [7, 11) is 0. The zero-order valence-electron chi connectivity index (χ0n) is 20.8. The number of nitrogens with one attached hydrogen (secondary N) is 4. The summed E-state index contributed by atoms with van der Waals surface area (Å²) in [5, 5.41) is 21.9. The van der Waals surface area contributed by atoms with Crippen molar-refractivity contribution in [3.05, 3.63) is 16.6 Å². The standard InChI is InChI=1S/C23H36N6O6S/c1-23(2,3)7-6-15(22(34)35)27-20(32)16(9-13-11-36-12-26-13)28-21(33)17(10-18(24)30)29-19(31)14-5-4-8-25-14/h11-12,14-17,25H,4-10H2,1-3H3,(H2,24,30)(H,27,32)(H,28,33)(H,29,31)(H,34,35)/t14-,15-,16-,17-/m0/s1. The van der Waals surface area contributed by atoms with E-state index in [2.05, 4.69) is 26.3 Å². The van der Waals surface area contributed by atoms with Crippen molar-refractivity contribution < 1.29 is 29.1 Å². The first-order valence-electron chi connectivity index (χ1n) is 11.9. The van der Waals surface area contributed by atoms with Crippen molar-refractivity contribution in [2.24, 2.45) is 11.1 Å². The third kappa shape index (κ3) is 9.90. The maximum atomic E-state index is 13.1. The van der Waals surface area contributed by atoms with Gasteiger partial charge in [-0.15, -0.1) is 11.3 Å². The number of rotatable bonds is 13. The molecule has 4 atom stereocenters. The minimum Gasteiger partial charge on any atom is -0.480 e. The molecule has 0 unspecified atom stereocenters. The van der Waals surface area contributed by atoms with Gasteiger partial charge >= 0.3 is 5.97 Å². The molecule has 2 rings (SSSR count). The summed E-state index contributed by atoms with van der Waals surface area (Å²) in [5.41, 5.74) is 7.24. The van der Waals surface area contributed by atoms with Crippen LogP contribution in [0.1, 0.15) is 58.6 Å². The average Bonchev–Trinajstić information content (AvgIpc) is 3.48. The van der Waals surface area contributed by atoms with Gasteiger partial charge in [-0.05, 0) is 37.6 Å². The maximum Gasteiger partial charge on any atom is 0.326 e. The SMILES string of the molecule is CC(C)(C)CC[C@H](NC(=O)[C@H](Cc1cscn1)NC(=O)[C@H](CC(N)=O)NC(=O)[C@@H]1CCCN1)C(=O)O. The zero-order valence-corrected chi connectivity index (χ0v) is 21.7. The monoisotopic (exact) mass is 524 g/mol. The Labute approximate surface area is 214 Å². The molecule has 0 aromatic carbocycles. The molecule has 1 aromatic rings. The van der Waals surface area contributed by atoms with Crippen LogP contribution in [-0.2, 0) is 30.4 Å². The van der Waals surface area contributed by atoms with E-state index in [0.29, 0.717) is 25.1 Å².